The van der Waals surface area contributed by atoms with Crippen LogP contribution in [0.5, 0.6) is 5.75 Å². The van der Waals surface area contributed by atoms with Gasteiger partial charge in [-0.15, -0.1) is 11.6 Å². The summed E-state index contributed by atoms with van der Waals surface area (Å²) in [6, 6.07) is 14.1. The maximum Gasteiger partial charge on any atom is 0.123 e. The number of alkyl halides is 1. The first-order chi connectivity index (χ1) is 8.69. The molecule has 0 radical (unpaired) electrons. The summed E-state index contributed by atoms with van der Waals surface area (Å²) in [5.74, 6) is 0.541. The van der Waals surface area contributed by atoms with Gasteiger partial charge >= 0.3 is 0 Å². The third-order valence-corrected chi connectivity index (χ3v) is 3.17. The molecular formula is C15H14ClFO. The fourth-order valence-corrected chi connectivity index (χ4v) is 2.14. The van der Waals surface area contributed by atoms with Gasteiger partial charge in [-0.05, 0) is 41.8 Å². The Balaban J connectivity index is 2.13. The molecule has 0 spiro atoms. The third-order valence-electron chi connectivity index (χ3n) is 2.76. The highest BCUT2D eigenvalue weighted by Gasteiger charge is 2.10. The van der Waals surface area contributed by atoms with Crippen LogP contribution in [-0.4, -0.2) is 7.11 Å². The number of rotatable bonds is 4. The molecule has 0 amide bonds. The van der Waals surface area contributed by atoms with Crippen molar-refractivity contribution in [1.29, 1.82) is 0 Å². The molecule has 0 fully saturated rings. The number of halogens is 2. The van der Waals surface area contributed by atoms with Crippen molar-refractivity contribution in [1.82, 2.24) is 0 Å². The lowest BCUT2D eigenvalue weighted by Crippen LogP contribution is -1.97. The zero-order valence-electron chi connectivity index (χ0n) is 10.1. The minimum atomic E-state index is -0.234. The lowest BCUT2D eigenvalue weighted by Gasteiger charge is -2.11. The first kappa shape index (κ1) is 12.9. The molecule has 0 saturated heterocycles. The van der Waals surface area contributed by atoms with Crippen LogP contribution in [-0.2, 0) is 6.42 Å². The molecule has 2 aromatic rings. The van der Waals surface area contributed by atoms with Gasteiger partial charge in [0.05, 0.1) is 12.5 Å². The van der Waals surface area contributed by atoms with Gasteiger partial charge in [-0.1, -0.05) is 24.3 Å². The Morgan fingerprint density at radius 2 is 1.94 bits per heavy atom. The third kappa shape index (κ3) is 3.23. The highest BCUT2D eigenvalue weighted by atomic mass is 35.5. The van der Waals surface area contributed by atoms with E-state index in [9.17, 15) is 4.39 Å². The summed E-state index contributed by atoms with van der Waals surface area (Å²) in [5.41, 5.74) is 1.86. The molecule has 0 aromatic heterocycles. The summed E-state index contributed by atoms with van der Waals surface area (Å²) in [7, 11) is 1.62. The Hall–Kier alpha value is -1.54. The monoisotopic (exact) mass is 264 g/mol. The maximum absolute atomic E-state index is 13.1. The van der Waals surface area contributed by atoms with Crippen LogP contribution >= 0.6 is 11.6 Å². The molecular weight excluding hydrogens is 251 g/mol. The van der Waals surface area contributed by atoms with Crippen molar-refractivity contribution in [3.05, 3.63) is 65.5 Å². The molecule has 18 heavy (non-hydrogen) atoms. The van der Waals surface area contributed by atoms with Gasteiger partial charge in [0.1, 0.15) is 11.6 Å². The van der Waals surface area contributed by atoms with Crippen LogP contribution in [0.25, 0.3) is 0 Å². The molecule has 2 rings (SSSR count). The first-order valence-electron chi connectivity index (χ1n) is 5.71. The van der Waals surface area contributed by atoms with E-state index in [0.29, 0.717) is 6.42 Å². The maximum atomic E-state index is 13.1. The van der Waals surface area contributed by atoms with Gasteiger partial charge in [-0.25, -0.2) is 4.39 Å². The Bertz CT molecular complexity index is 527. The molecule has 0 aliphatic heterocycles. The average molecular weight is 265 g/mol. The second-order valence-corrected chi connectivity index (χ2v) is 4.61. The van der Waals surface area contributed by atoms with E-state index in [0.717, 1.165) is 16.9 Å². The van der Waals surface area contributed by atoms with Crippen molar-refractivity contribution in [2.45, 2.75) is 11.8 Å². The van der Waals surface area contributed by atoms with Gasteiger partial charge in [-0.2, -0.15) is 0 Å². The second-order valence-electron chi connectivity index (χ2n) is 4.08. The fourth-order valence-electron chi connectivity index (χ4n) is 1.83. The van der Waals surface area contributed by atoms with Crippen molar-refractivity contribution in [3.8, 4) is 5.75 Å². The Morgan fingerprint density at radius 3 is 2.67 bits per heavy atom. The Kier molecular flexibility index (Phi) is 4.21. The molecule has 2 aromatic carbocycles. The normalized spacial score (nSPS) is 12.2. The van der Waals surface area contributed by atoms with Crippen molar-refractivity contribution in [3.63, 3.8) is 0 Å². The molecule has 0 aliphatic carbocycles. The summed E-state index contributed by atoms with van der Waals surface area (Å²) in [4.78, 5) is 0. The van der Waals surface area contributed by atoms with Gasteiger partial charge in [0.2, 0.25) is 0 Å². The van der Waals surface area contributed by atoms with Crippen LogP contribution < -0.4 is 4.74 Å². The summed E-state index contributed by atoms with van der Waals surface area (Å²) in [6.45, 7) is 0. The van der Waals surface area contributed by atoms with Crippen LogP contribution in [0, 0.1) is 5.82 Å². The van der Waals surface area contributed by atoms with Crippen molar-refractivity contribution < 1.29 is 9.13 Å². The summed E-state index contributed by atoms with van der Waals surface area (Å²) in [5, 5.41) is -0.193. The predicted octanol–water partition coefficient (Wildman–Crippen LogP) is 4.36. The van der Waals surface area contributed by atoms with Crippen molar-refractivity contribution >= 4 is 11.6 Å². The molecule has 0 N–H and O–H groups in total. The quantitative estimate of drug-likeness (QED) is 0.746. The zero-order valence-corrected chi connectivity index (χ0v) is 10.8. The van der Waals surface area contributed by atoms with Gasteiger partial charge in [0.15, 0.2) is 0 Å². The number of methoxy groups -OCH3 is 1. The van der Waals surface area contributed by atoms with Gasteiger partial charge in [0.25, 0.3) is 0 Å². The first-order valence-corrected chi connectivity index (χ1v) is 6.15. The Morgan fingerprint density at radius 1 is 1.17 bits per heavy atom. The summed E-state index contributed by atoms with van der Waals surface area (Å²) < 4.78 is 18.2. The highest BCUT2D eigenvalue weighted by molar-refractivity contribution is 6.20. The van der Waals surface area contributed by atoms with Crippen LogP contribution in [0.4, 0.5) is 4.39 Å². The zero-order chi connectivity index (χ0) is 13.0. The molecule has 0 saturated carbocycles. The predicted molar refractivity (Wildman–Crippen MR) is 71.7 cm³/mol. The Labute approximate surface area is 111 Å². The van der Waals surface area contributed by atoms with Crippen LogP contribution in [0.2, 0.25) is 0 Å². The molecule has 1 atom stereocenters. The molecule has 3 heteroatoms. The van der Waals surface area contributed by atoms with Crippen LogP contribution in [0.3, 0.4) is 0 Å². The summed E-state index contributed by atoms with van der Waals surface area (Å²) >= 11 is 6.34. The standard InChI is InChI=1S/C15H14ClFO/c1-18-14-7-3-5-12(10-14)15(16)9-11-4-2-6-13(17)8-11/h2-8,10,15H,9H2,1H3. The van der Waals surface area contributed by atoms with E-state index < -0.39 is 0 Å². The molecule has 0 aliphatic rings. The molecule has 0 heterocycles. The topological polar surface area (TPSA) is 9.23 Å². The number of hydrogen-bond acceptors (Lipinski definition) is 1. The van der Waals surface area contributed by atoms with Crippen molar-refractivity contribution in [2.24, 2.45) is 0 Å². The second kappa shape index (κ2) is 5.87. The molecule has 1 nitrogen and oxygen atoms in total. The van der Waals surface area contributed by atoms with E-state index in [-0.39, 0.29) is 11.2 Å². The smallest absolute Gasteiger partial charge is 0.123 e. The van der Waals surface area contributed by atoms with Crippen molar-refractivity contribution in [2.75, 3.05) is 7.11 Å². The highest BCUT2D eigenvalue weighted by Crippen LogP contribution is 2.27. The van der Waals surface area contributed by atoms with Gasteiger partial charge in [-0.3, -0.25) is 0 Å². The fraction of sp³-hybridized carbons (Fsp3) is 0.200. The SMILES string of the molecule is COc1cccc(C(Cl)Cc2cccc(F)c2)c1. The van der Waals surface area contributed by atoms with E-state index in [1.807, 2.05) is 30.3 Å². The van der Waals surface area contributed by atoms with Gasteiger partial charge in [0, 0.05) is 0 Å². The van der Waals surface area contributed by atoms with Gasteiger partial charge < -0.3 is 4.74 Å². The summed E-state index contributed by atoms with van der Waals surface area (Å²) in [6.07, 6.45) is 0.590. The number of benzene rings is 2. The van der Waals surface area contributed by atoms with Crippen LogP contribution in [0.1, 0.15) is 16.5 Å². The number of hydrogen-bond donors (Lipinski definition) is 0. The van der Waals surface area contributed by atoms with E-state index in [2.05, 4.69) is 0 Å². The molecule has 0 bridgehead atoms. The van der Waals surface area contributed by atoms with E-state index in [1.54, 1.807) is 13.2 Å². The van der Waals surface area contributed by atoms with E-state index >= 15 is 0 Å². The number of ether oxygens (including phenoxy) is 1. The molecule has 94 valence electrons. The molecule has 1 unspecified atom stereocenters. The average Bonchev–Trinajstić information content (AvgIpc) is 2.39. The minimum absolute atomic E-state index is 0.193. The van der Waals surface area contributed by atoms with Crippen LogP contribution in [0.15, 0.2) is 48.5 Å². The largest absolute Gasteiger partial charge is 0.497 e. The van der Waals surface area contributed by atoms with E-state index in [1.165, 1.54) is 12.1 Å². The lowest BCUT2D eigenvalue weighted by atomic mass is 10.0. The minimum Gasteiger partial charge on any atom is -0.497 e. The lowest BCUT2D eigenvalue weighted by molar-refractivity contribution is 0.414. The van der Waals surface area contributed by atoms with E-state index in [4.69, 9.17) is 16.3 Å².